The zero-order chi connectivity index (χ0) is 30.2. The molecule has 0 heterocycles. The summed E-state index contributed by atoms with van der Waals surface area (Å²) in [6.45, 7) is 9.07. The van der Waals surface area contributed by atoms with Crippen LogP contribution >= 0.6 is 0 Å². The Kier molecular flexibility index (Phi) is 9.65. The fourth-order valence-corrected chi connectivity index (χ4v) is 8.74. The minimum absolute atomic E-state index is 0.0821. The number of aliphatic hydroxyl groups excluding tert-OH is 1. The van der Waals surface area contributed by atoms with E-state index in [0.717, 1.165) is 19.3 Å². The molecule has 0 radical (unpaired) electrons. The molecule has 0 saturated heterocycles. The molecule has 0 bridgehead atoms. The molecule has 4 aliphatic carbocycles. The summed E-state index contributed by atoms with van der Waals surface area (Å²) in [6.07, 6.45) is 15.6. The average Bonchev–Trinajstić information content (AvgIpc) is 3.32. The molecule has 0 spiro atoms. The van der Waals surface area contributed by atoms with Gasteiger partial charge in [0.1, 0.15) is 17.3 Å². The molecule has 7 nitrogen and oxygen atoms in total. The lowest BCUT2D eigenvalue weighted by molar-refractivity contribution is -0.221. The third kappa shape index (κ3) is 5.38. The summed E-state index contributed by atoms with van der Waals surface area (Å²) in [7, 11) is 0. The molecule has 2 fully saturated rings. The zero-order valence-electron chi connectivity index (χ0n) is 26.0. The Bertz CT molecular complexity index is 1050. The molecular weight excluding hydrogens is 520 g/mol. The summed E-state index contributed by atoms with van der Waals surface area (Å²) in [5.41, 5.74) is -4.76. The molecule has 0 amide bonds. The van der Waals surface area contributed by atoms with Gasteiger partial charge in [-0.25, -0.2) is 0 Å². The van der Waals surface area contributed by atoms with Crippen LogP contribution in [0.25, 0.3) is 0 Å². The Morgan fingerprint density at radius 2 is 1.51 bits per heavy atom. The fraction of sp³-hybridized carbons (Fsp3) is 0.824. The number of hydrogen-bond donors (Lipinski definition) is 4. The van der Waals surface area contributed by atoms with Crippen molar-refractivity contribution in [1.29, 1.82) is 0 Å². The van der Waals surface area contributed by atoms with Gasteiger partial charge in [0, 0.05) is 41.9 Å². The smallest absolute Gasteiger partial charge is 0.306 e. The van der Waals surface area contributed by atoms with Crippen LogP contribution in [0.5, 0.6) is 0 Å². The van der Waals surface area contributed by atoms with Gasteiger partial charge in [-0.05, 0) is 24.5 Å². The van der Waals surface area contributed by atoms with Gasteiger partial charge in [0.25, 0.3) is 0 Å². The third-order valence-corrected chi connectivity index (χ3v) is 11.2. The number of esters is 1. The molecule has 7 heteroatoms. The van der Waals surface area contributed by atoms with E-state index in [0.29, 0.717) is 11.1 Å². The van der Waals surface area contributed by atoms with Crippen molar-refractivity contribution in [3.05, 3.63) is 23.3 Å². The van der Waals surface area contributed by atoms with Crippen LogP contribution in [-0.2, 0) is 14.3 Å². The summed E-state index contributed by atoms with van der Waals surface area (Å²) >= 11 is 0. The maximum Gasteiger partial charge on any atom is 0.306 e. The highest BCUT2D eigenvalue weighted by Gasteiger charge is 2.85. The highest BCUT2D eigenvalue weighted by atomic mass is 16.6. The second-order valence-electron chi connectivity index (χ2n) is 14.2. The Labute approximate surface area is 246 Å². The molecule has 232 valence electrons. The monoisotopic (exact) mass is 574 g/mol. The first-order chi connectivity index (χ1) is 19.3. The second-order valence-corrected chi connectivity index (χ2v) is 14.2. The highest BCUT2D eigenvalue weighted by Crippen LogP contribution is 2.75. The van der Waals surface area contributed by atoms with E-state index >= 15 is 0 Å². The van der Waals surface area contributed by atoms with Gasteiger partial charge in [0.2, 0.25) is 0 Å². The lowest BCUT2D eigenvalue weighted by atomic mass is 9.59. The zero-order valence-corrected chi connectivity index (χ0v) is 26.0. The standard InChI is InChI=1S/C34H54O7/c1-6-7-8-9-10-11-12-13-14-15-16-17-27(36)41-30-23(3)33(39)25(28-31(4,5)34(28,30)40)19-24(21-35)20-32(38)26(33)18-22(2)29(32)37/h18-19,23,25-26,28,30,35,38-40H,6-17,20-21H2,1-5H3. The number of ether oxygens (including phenoxy) is 1. The van der Waals surface area contributed by atoms with Crippen LogP contribution in [-0.4, -0.2) is 61.7 Å². The molecule has 0 aliphatic heterocycles. The maximum absolute atomic E-state index is 13.2. The molecule has 8 unspecified atom stereocenters. The van der Waals surface area contributed by atoms with Crippen LogP contribution in [0, 0.1) is 29.1 Å². The van der Waals surface area contributed by atoms with Crippen molar-refractivity contribution >= 4 is 11.8 Å². The summed E-state index contributed by atoms with van der Waals surface area (Å²) in [5.74, 6) is -3.66. The van der Waals surface area contributed by atoms with Crippen LogP contribution < -0.4 is 0 Å². The second kappa shape index (κ2) is 12.2. The summed E-state index contributed by atoms with van der Waals surface area (Å²) < 4.78 is 6.03. The molecule has 41 heavy (non-hydrogen) atoms. The van der Waals surface area contributed by atoms with Crippen LogP contribution in [0.2, 0.25) is 0 Å². The van der Waals surface area contributed by atoms with E-state index in [1.54, 1.807) is 26.0 Å². The van der Waals surface area contributed by atoms with Gasteiger partial charge in [0.15, 0.2) is 5.78 Å². The van der Waals surface area contributed by atoms with Gasteiger partial charge >= 0.3 is 5.97 Å². The van der Waals surface area contributed by atoms with Crippen molar-refractivity contribution in [3.63, 3.8) is 0 Å². The molecular formula is C34H54O7. The lowest BCUT2D eigenvalue weighted by Gasteiger charge is -2.52. The maximum atomic E-state index is 13.2. The van der Waals surface area contributed by atoms with E-state index < -0.39 is 57.8 Å². The van der Waals surface area contributed by atoms with Crippen LogP contribution in [0.15, 0.2) is 23.3 Å². The number of rotatable bonds is 14. The first-order valence-electron chi connectivity index (χ1n) is 16.2. The van der Waals surface area contributed by atoms with Gasteiger partial charge in [-0.2, -0.15) is 0 Å². The highest BCUT2D eigenvalue weighted by molar-refractivity contribution is 6.04. The quantitative estimate of drug-likeness (QED) is 0.128. The third-order valence-electron chi connectivity index (χ3n) is 11.2. The van der Waals surface area contributed by atoms with Crippen LogP contribution in [0.3, 0.4) is 0 Å². The minimum atomic E-state index is -1.89. The van der Waals surface area contributed by atoms with Gasteiger partial charge in [-0.15, -0.1) is 0 Å². The molecule has 0 aromatic carbocycles. The first-order valence-corrected chi connectivity index (χ1v) is 16.2. The Morgan fingerprint density at radius 1 is 0.951 bits per heavy atom. The van der Waals surface area contributed by atoms with Crippen molar-refractivity contribution in [2.24, 2.45) is 29.1 Å². The van der Waals surface area contributed by atoms with Crippen molar-refractivity contribution in [2.75, 3.05) is 6.61 Å². The summed E-state index contributed by atoms with van der Waals surface area (Å²) in [6, 6.07) is 0. The van der Waals surface area contributed by atoms with Crippen molar-refractivity contribution in [1.82, 2.24) is 0 Å². The number of carbonyl (C=O) groups is 2. The summed E-state index contributed by atoms with van der Waals surface area (Å²) in [5, 5.41) is 46.3. The average molecular weight is 575 g/mol. The van der Waals surface area contributed by atoms with Gasteiger partial charge < -0.3 is 25.2 Å². The van der Waals surface area contributed by atoms with Crippen molar-refractivity contribution < 1.29 is 34.8 Å². The molecule has 0 aromatic rings. The summed E-state index contributed by atoms with van der Waals surface area (Å²) in [4.78, 5) is 26.2. The van der Waals surface area contributed by atoms with Crippen LogP contribution in [0.4, 0.5) is 0 Å². The SMILES string of the molecule is CCCCCCCCCCCCCC(=O)OC1C(C)C2(O)C(C=C(CO)CC3(O)C(=O)C(C)=CC32)C2C(C)(C)C12O. The molecule has 4 aliphatic rings. The molecule has 4 rings (SSSR count). The van der Waals surface area contributed by atoms with Gasteiger partial charge in [0.05, 0.1) is 12.2 Å². The van der Waals surface area contributed by atoms with Gasteiger partial charge in [-0.3, -0.25) is 9.59 Å². The van der Waals surface area contributed by atoms with E-state index in [2.05, 4.69) is 6.92 Å². The fourth-order valence-electron chi connectivity index (χ4n) is 8.74. The number of unbranched alkanes of at least 4 members (excludes halogenated alkanes) is 10. The Morgan fingerprint density at radius 3 is 2.07 bits per heavy atom. The number of hydrogen-bond acceptors (Lipinski definition) is 7. The largest absolute Gasteiger partial charge is 0.459 e. The number of Topliss-reactive ketones (excluding diaryl/α,β-unsaturated/α-hetero) is 1. The van der Waals surface area contributed by atoms with E-state index in [9.17, 15) is 30.0 Å². The number of carbonyl (C=O) groups excluding carboxylic acids is 2. The molecule has 8 atom stereocenters. The van der Waals surface area contributed by atoms with Crippen molar-refractivity contribution in [3.8, 4) is 0 Å². The predicted octanol–water partition coefficient (Wildman–Crippen LogP) is 5.18. The lowest BCUT2D eigenvalue weighted by Crippen LogP contribution is -2.65. The molecule has 2 saturated carbocycles. The number of fused-ring (bicyclic) bond motifs is 5. The Hall–Kier alpha value is -1.54. The van der Waals surface area contributed by atoms with E-state index in [-0.39, 0.29) is 25.4 Å². The van der Waals surface area contributed by atoms with Gasteiger partial charge in [-0.1, -0.05) is 104 Å². The molecule has 0 aromatic heterocycles. The Balaban J connectivity index is 1.42. The van der Waals surface area contributed by atoms with E-state index in [1.807, 2.05) is 13.8 Å². The molecule has 4 N–H and O–H groups in total. The number of ketones is 1. The number of aliphatic hydroxyl groups is 4. The predicted molar refractivity (Wildman–Crippen MR) is 158 cm³/mol. The topological polar surface area (TPSA) is 124 Å². The van der Waals surface area contributed by atoms with Crippen molar-refractivity contribution in [2.45, 2.75) is 141 Å². The van der Waals surface area contributed by atoms with E-state index in [1.165, 1.54) is 51.4 Å². The first kappa shape index (κ1) is 32.4. The van der Waals surface area contributed by atoms with E-state index in [4.69, 9.17) is 4.74 Å². The van der Waals surface area contributed by atoms with Crippen LogP contribution in [0.1, 0.15) is 118 Å². The minimum Gasteiger partial charge on any atom is -0.459 e. The normalized spacial score (nSPS) is 38.8.